The molecule has 1 N–H and O–H groups in total. The van der Waals surface area contributed by atoms with Gasteiger partial charge in [-0.05, 0) is 18.2 Å². The Hall–Kier alpha value is -3.15. The van der Waals surface area contributed by atoms with E-state index in [4.69, 9.17) is 4.42 Å². The average Bonchev–Trinajstić information content (AvgIpc) is 3.15. The highest BCUT2D eigenvalue weighted by atomic mass is 19.3. The Morgan fingerprint density at radius 2 is 1.74 bits per heavy atom. The van der Waals surface area contributed by atoms with Gasteiger partial charge in [-0.25, -0.2) is 0 Å². The van der Waals surface area contributed by atoms with Crippen LogP contribution in [0.3, 0.4) is 0 Å². The molecular formula is C21H19F2NO3. The molecule has 0 saturated heterocycles. The first-order valence-electron chi connectivity index (χ1n) is 8.55. The summed E-state index contributed by atoms with van der Waals surface area (Å²) in [5.74, 6) is 1.33. The van der Waals surface area contributed by atoms with E-state index in [-0.39, 0.29) is 24.6 Å². The zero-order valence-corrected chi connectivity index (χ0v) is 14.5. The van der Waals surface area contributed by atoms with Gasteiger partial charge in [-0.2, -0.15) is 8.78 Å². The Bertz CT molecular complexity index is 878. The summed E-state index contributed by atoms with van der Waals surface area (Å²) in [5.41, 5.74) is 1.47. The number of halogens is 2. The first-order chi connectivity index (χ1) is 13.1. The number of amides is 1. The highest BCUT2D eigenvalue weighted by Crippen LogP contribution is 2.23. The number of hydrogen-bond acceptors (Lipinski definition) is 3. The predicted octanol–water partition coefficient (Wildman–Crippen LogP) is 4.80. The lowest BCUT2D eigenvalue weighted by atomic mass is 10.2. The molecule has 1 amide bonds. The first-order valence-corrected chi connectivity index (χ1v) is 8.55. The average molecular weight is 371 g/mol. The molecule has 0 spiro atoms. The molecule has 0 bridgehead atoms. The minimum atomic E-state index is -2.90. The third kappa shape index (κ3) is 5.41. The molecule has 0 aliphatic rings. The third-order valence-electron chi connectivity index (χ3n) is 3.98. The monoisotopic (exact) mass is 371 g/mol. The maximum Gasteiger partial charge on any atom is 0.387 e. The summed E-state index contributed by atoms with van der Waals surface area (Å²) in [4.78, 5) is 12.1. The van der Waals surface area contributed by atoms with Gasteiger partial charge in [0.1, 0.15) is 17.3 Å². The lowest BCUT2D eigenvalue weighted by Gasteiger charge is -2.11. The van der Waals surface area contributed by atoms with Gasteiger partial charge in [-0.1, -0.05) is 48.5 Å². The maximum absolute atomic E-state index is 12.4. The third-order valence-corrected chi connectivity index (χ3v) is 3.98. The molecule has 0 fully saturated rings. The van der Waals surface area contributed by atoms with Gasteiger partial charge in [0.2, 0.25) is 5.91 Å². The number of para-hydroxylation sites is 1. The van der Waals surface area contributed by atoms with Gasteiger partial charge in [0.05, 0.1) is 0 Å². The molecule has 140 valence electrons. The van der Waals surface area contributed by atoms with E-state index in [2.05, 4.69) is 10.1 Å². The van der Waals surface area contributed by atoms with Gasteiger partial charge in [0.15, 0.2) is 0 Å². The zero-order chi connectivity index (χ0) is 19.1. The van der Waals surface area contributed by atoms with Crippen LogP contribution in [0.25, 0.3) is 11.3 Å². The number of furan rings is 1. The molecule has 3 aromatic rings. The number of nitrogens with one attached hydrogen (secondary N) is 1. The molecule has 0 saturated carbocycles. The molecule has 6 heteroatoms. The molecule has 0 aliphatic heterocycles. The molecule has 0 aliphatic carbocycles. The van der Waals surface area contributed by atoms with E-state index in [9.17, 15) is 13.6 Å². The molecule has 4 nitrogen and oxygen atoms in total. The van der Waals surface area contributed by atoms with Crippen LogP contribution in [-0.2, 0) is 17.8 Å². The van der Waals surface area contributed by atoms with Crippen molar-refractivity contribution < 1.29 is 22.7 Å². The molecule has 1 heterocycles. The van der Waals surface area contributed by atoms with Crippen LogP contribution >= 0.6 is 0 Å². The largest absolute Gasteiger partial charge is 0.461 e. The topological polar surface area (TPSA) is 51.5 Å². The van der Waals surface area contributed by atoms with Crippen LogP contribution in [0.2, 0.25) is 0 Å². The number of carbonyl (C=O) groups excluding carboxylic acids is 1. The van der Waals surface area contributed by atoms with Crippen molar-refractivity contribution in [2.24, 2.45) is 0 Å². The number of alkyl halides is 2. The molecular weight excluding hydrogens is 352 g/mol. The Balaban J connectivity index is 1.50. The smallest absolute Gasteiger partial charge is 0.387 e. The number of rotatable bonds is 8. The quantitative estimate of drug-likeness (QED) is 0.619. The number of benzene rings is 2. The van der Waals surface area contributed by atoms with Gasteiger partial charge >= 0.3 is 6.61 Å². The summed E-state index contributed by atoms with van der Waals surface area (Å²) in [6, 6.07) is 19.8. The highest BCUT2D eigenvalue weighted by Gasteiger charge is 2.11. The Morgan fingerprint density at radius 3 is 2.52 bits per heavy atom. The van der Waals surface area contributed by atoms with Crippen molar-refractivity contribution in [3.05, 3.63) is 78.1 Å². The Morgan fingerprint density at radius 1 is 1.00 bits per heavy atom. The fourth-order valence-electron chi connectivity index (χ4n) is 2.65. The second-order valence-electron chi connectivity index (χ2n) is 5.89. The van der Waals surface area contributed by atoms with E-state index < -0.39 is 6.61 Å². The molecule has 27 heavy (non-hydrogen) atoms. The van der Waals surface area contributed by atoms with Crippen molar-refractivity contribution in [1.29, 1.82) is 0 Å². The van der Waals surface area contributed by atoms with Gasteiger partial charge in [-0.3, -0.25) is 4.79 Å². The van der Waals surface area contributed by atoms with Gasteiger partial charge in [0.25, 0.3) is 0 Å². The molecule has 0 unspecified atom stereocenters. The van der Waals surface area contributed by atoms with Crippen molar-refractivity contribution in [3.63, 3.8) is 0 Å². The number of hydrogen-bond donors (Lipinski definition) is 1. The highest BCUT2D eigenvalue weighted by molar-refractivity contribution is 5.76. The van der Waals surface area contributed by atoms with Crippen molar-refractivity contribution in [3.8, 4) is 17.1 Å². The van der Waals surface area contributed by atoms with Crippen molar-refractivity contribution >= 4 is 5.91 Å². The van der Waals surface area contributed by atoms with E-state index in [0.29, 0.717) is 17.7 Å². The summed E-state index contributed by atoms with van der Waals surface area (Å²) in [7, 11) is 0. The van der Waals surface area contributed by atoms with E-state index in [1.54, 1.807) is 18.2 Å². The summed E-state index contributed by atoms with van der Waals surface area (Å²) in [6.45, 7) is -2.78. The lowest BCUT2D eigenvalue weighted by Crippen LogP contribution is -2.23. The SMILES string of the molecule is O=C(CCc1ccc(-c2ccccc2)o1)NCc1ccccc1OC(F)F. The summed E-state index contributed by atoms with van der Waals surface area (Å²) in [5, 5.41) is 2.72. The fourth-order valence-corrected chi connectivity index (χ4v) is 2.65. The van der Waals surface area contributed by atoms with Crippen molar-refractivity contribution in [2.75, 3.05) is 0 Å². The maximum atomic E-state index is 12.4. The van der Waals surface area contributed by atoms with Crippen LogP contribution in [0.4, 0.5) is 8.78 Å². The predicted molar refractivity (Wildman–Crippen MR) is 97.4 cm³/mol. The minimum Gasteiger partial charge on any atom is -0.461 e. The molecule has 1 aromatic heterocycles. The van der Waals surface area contributed by atoms with E-state index in [0.717, 1.165) is 11.3 Å². The Labute approximate surface area is 155 Å². The molecule has 2 aromatic carbocycles. The molecule has 3 rings (SSSR count). The second-order valence-corrected chi connectivity index (χ2v) is 5.89. The van der Waals surface area contributed by atoms with Crippen LogP contribution in [0.5, 0.6) is 5.75 Å². The summed E-state index contributed by atoms with van der Waals surface area (Å²) in [6.07, 6.45) is 0.688. The van der Waals surface area contributed by atoms with E-state index in [1.807, 2.05) is 42.5 Å². The van der Waals surface area contributed by atoms with Crippen LogP contribution in [-0.4, -0.2) is 12.5 Å². The number of aryl methyl sites for hydroxylation is 1. The van der Waals surface area contributed by atoms with Gasteiger partial charge in [-0.15, -0.1) is 0 Å². The molecule has 0 radical (unpaired) electrons. The minimum absolute atomic E-state index is 0.0614. The van der Waals surface area contributed by atoms with Crippen LogP contribution < -0.4 is 10.1 Å². The van der Waals surface area contributed by atoms with Crippen LogP contribution in [0.1, 0.15) is 17.7 Å². The molecule has 0 atom stereocenters. The zero-order valence-electron chi connectivity index (χ0n) is 14.5. The van der Waals surface area contributed by atoms with E-state index in [1.165, 1.54) is 6.07 Å². The standard InChI is InChI=1S/C21H19F2NO3/c22-21(23)27-18-9-5-4-8-16(18)14-24-20(25)13-11-17-10-12-19(26-17)15-6-2-1-3-7-15/h1-10,12,21H,11,13-14H2,(H,24,25). The number of carbonyl (C=O) groups is 1. The van der Waals surface area contributed by atoms with E-state index >= 15 is 0 Å². The summed E-state index contributed by atoms with van der Waals surface area (Å²) >= 11 is 0. The van der Waals surface area contributed by atoms with Crippen molar-refractivity contribution in [2.45, 2.75) is 26.0 Å². The lowest BCUT2D eigenvalue weighted by molar-refractivity contribution is -0.121. The van der Waals surface area contributed by atoms with Crippen molar-refractivity contribution in [1.82, 2.24) is 5.32 Å². The second kappa shape index (κ2) is 8.98. The van der Waals surface area contributed by atoms with Crippen LogP contribution in [0, 0.1) is 0 Å². The van der Waals surface area contributed by atoms with Gasteiger partial charge in [0, 0.05) is 30.5 Å². The van der Waals surface area contributed by atoms with Gasteiger partial charge < -0.3 is 14.5 Å². The Kier molecular flexibility index (Phi) is 6.20. The first kappa shape index (κ1) is 18.6. The fraction of sp³-hybridized carbons (Fsp3) is 0.190. The summed E-state index contributed by atoms with van der Waals surface area (Å²) < 4.78 is 35.0. The normalized spacial score (nSPS) is 10.8. The van der Waals surface area contributed by atoms with Crippen LogP contribution in [0.15, 0.2) is 71.1 Å². The number of ether oxygens (including phenoxy) is 1.